The summed E-state index contributed by atoms with van der Waals surface area (Å²) in [6, 6.07) is 0. The third-order valence-corrected chi connectivity index (χ3v) is 9.62. The zero-order chi connectivity index (χ0) is 15.0. The lowest BCUT2D eigenvalue weighted by atomic mass is 10.6. The molecular formula is C6Br2F4O4S3. The molecule has 0 N–H and O–H groups in total. The Morgan fingerprint density at radius 2 is 1.05 bits per heavy atom. The molecule has 0 amide bonds. The van der Waals surface area contributed by atoms with E-state index in [0.29, 0.717) is 11.3 Å². The van der Waals surface area contributed by atoms with Crippen LogP contribution in [0.3, 0.4) is 0 Å². The molecule has 0 spiro atoms. The molecule has 0 bridgehead atoms. The Balaban J connectivity index is 3.14. The molecule has 1 aromatic rings. The molecule has 0 aliphatic carbocycles. The Hall–Kier alpha value is 0.280. The van der Waals surface area contributed by atoms with E-state index in [1.54, 1.807) is 0 Å². The molecule has 13 heteroatoms. The smallest absolute Gasteiger partial charge is 0.217 e. The van der Waals surface area contributed by atoms with Gasteiger partial charge < -0.3 is 0 Å². The maximum absolute atomic E-state index is 13.4. The third-order valence-electron chi connectivity index (χ3n) is 2.29. The zero-order valence-corrected chi connectivity index (χ0v) is 13.7. The molecule has 0 saturated carbocycles. The molecule has 0 radical (unpaired) electrons. The van der Waals surface area contributed by atoms with Crippen LogP contribution in [0.1, 0.15) is 0 Å². The van der Waals surface area contributed by atoms with E-state index in [1.165, 1.54) is 0 Å². The largest absolute Gasteiger partial charge is 0.426 e. The minimum atomic E-state index is -5.84. The fourth-order valence-electron chi connectivity index (χ4n) is 1.37. The Kier molecular flexibility index (Phi) is 3.24. The van der Waals surface area contributed by atoms with Crippen molar-refractivity contribution < 1.29 is 34.4 Å². The average molecular weight is 468 g/mol. The predicted octanol–water partition coefficient (Wildman–Crippen LogP) is 3.02. The van der Waals surface area contributed by atoms with Crippen molar-refractivity contribution in [2.24, 2.45) is 0 Å². The Labute approximate surface area is 124 Å². The van der Waals surface area contributed by atoms with Crippen molar-refractivity contribution in [1.82, 2.24) is 0 Å². The van der Waals surface area contributed by atoms with E-state index in [2.05, 4.69) is 31.9 Å². The quantitative estimate of drug-likeness (QED) is 0.550. The van der Waals surface area contributed by atoms with Crippen LogP contribution in [-0.2, 0) is 19.7 Å². The molecule has 2 heterocycles. The number of fused-ring (bicyclic) bond motifs is 1. The summed E-state index contributed by atoms with van der Waals surface area (Å²) >= 11 is 5.57. The molecule has 0 aromatic carbocycles. The molecule has 0 atom stereocenters. The van der Waals surface area contributed by atoms with E-state index >= 15 is 0 Å². The van der Waals surface area contributed by atoms with Gasteiger partial charge in [-0.05, 0) is 31.9 Å². The summed E-state index contributed by atoms with van der Waals surface area (Å²) in [6.07, 6.45) is 0. The van der Waals surface area contributed by atoms with Crippen molar-refractivity contribution in [3.8, 4) is 0 Å². The fraction of sp³-hybridized carbons (Fsp3) is 0.333. The predicted molar refractivity (Wildman–Crippen MR) is 64.0 cm³/mol. The molecule has 0 saturated heterocycles. The lowest BCUT2D eigenvalue weighted by Gasteiger charge is -2.30. The van der Waals surface area contributed by atoms with Crippen molar-refractivity contribution in [2.45, 2.75) is 20.3 Å². The normalized spacial score (nSPS) is 25.8. The van der Waals surface area contributed by atoms with Crippen LogP contribution in [0.2, 0.25) is 0 Å². The van der Waals surface area contributed by atoms with Gasteiger partial charge in [0.2, 0.25) is 0 Å². The summed E-state index contributed by atoms with van der Waals surface area (Å²) in [7, 11) is -11.7. The Bertz CT molecular complexity index is 715. The molecule has 4 nitrogen and oxygen atoms in total. The van der Waals surface area contributed by atoms with Crippen LogP contribution in [-0.4, -0.2) is 27.3 Å². The second-order valence-electron chi connectivity index (χ2n) is 3.35. The highest BCUT2D eigenvalue weighted by Gasteiger charge is 2.78. The third kappa shape index (κ3) is 1.59. The molecule has 1 aromatic heterocycles. The van der Waals surface area contributed by atoms with Crippen molar-refractivity contribution in [1.29, 1.82) is 0 Å². The number of thiophene rings is 1. The summed E-state index contributed by atoms with van der Waals surface area (Å²) in [4.78, 5) is -2.69. The van der Waals surface area contributed by atoms with E-state index in [-0.39, 0.29) is 0 Å². The molecule has 1 aliphatic heterocycles. The minimum Gasteiger partial charge on any atom is -0.217 e. The molecule has 19 heavy (non-hydrogen) atoms. The highest BCUT2D eigenvalue weighted by molar-refractivity contribution is 9.12. The van der Waals surface area contributed by atoms with Crippen molar-refractivity contribution in [3.63, 3.8) is 0 Å². The number of hydrogen-bond donors (Lipinski definition) is 0. The van der Waals surface area contributed by atoms with Gasteiger partial charge in [-0.25, -0.2) is 16.8 Å². The van der Waals surface area contributed by atoms with Crippen LogP contribution in [0, 0.1) is 0 Å². The lowest BCUT2D eigenvalue weighted by molar-refractivity contribution is -0.0984. The lowest BCUT2D eigenvalue weighted by Crippen LogP contribution is -2.55. The Morgan fingerprint density at radius 3 is 1.32 bits per heavy atom. The number of halogens is 6. The zero-order valence-electron chi connectivity index (χ0n) is 8.13. The summed E-state index contributed by atoms with van der Waals surface area (Å²) in [6.45, 7) is 0. The standard InChI is InChI=1S/C6Br2F4O4S3/c7-3-1-2(4(8)17-3)19(15,16)6(11,12)5(9,10)18(1,13)14. The average Bonchev–Trinajstić information content (AvgIpc) is 2.52. The molecule has 108 valence electrons. The van der Waals surface area contributed by atoms with Crippen LogP contribution >= 0.6 is 43.2 Å². The maximum atomic E-state index is 13.4. The van der Waals surface area contributed by atoms with Crippen LogP contribution in [0.5, 0.6) is 0 Å². The highest BCUT2D eigenvalue weighted by Crippen LogP contribution is 2.58. The van der Waals surface area contributed by atoms with Gasteiger partial charge in [-0.2, -0.15) is 17.6 Å². The first-order chi connectivity index (χ1) is 8.30. The molecule has 2 rings (SSSR count). The SMILES string of the molecule is O=S1(=O)c2c(Br)sc(Br)c2S(=O)(=O)C(F)(F)C1(F)F. The first-order valence-corrected chi connectivity index (χ1v) is 9.39. The molecule has 0 unspecified atom stereocenters. The molecule has 0 fully saturated rings. The van der Waals surface area contributed by atoms with Gasteiger partial charge in [0.15, 0.2) is 0 Å². The summed E-state index contributed by atoms with van der Waals surface area (Å²) in [5.74, 6) is 0. The highest BCUT2D eigenvalue weighted by atomic mass is 79.9. The van der Waals surface area contributed by atoms with Gasteiger partial charge >= 0.3 is 10.5 Å². The number of hydrogen-bond acceptors (Lipinski definition) is 5. The summed E-state index contributed by atoms with van der Waals surface area (Å²) in [5.41, 5.74) is 0. The topological polar surface area (TPSA) is 68.3 Å². The van der Waals surface area contributed by atoms with Gasteiger partial charge in [-0.3, -0.25) is 0 Å². The molecule has 1 aliphatic rings. The van der Waals surface area contributed by atoms with Gasteiger partial charge in [0.05, 0.1) is 7.57 Å². The second kappa shape index (κ2) is 3.93. The van der Waals surface area contributed by atoms with Crippen LogP contribution in [0.25, 0.3) is 0 Å². The van der Waals surface area contributed by atoms with Crippen molar-refractivity contribution in [2.75, 3.05) is 0 Å². The van der Waals surface area contributed by atoms with E-state index < -0.39 is 47.5 Å². The second-order valence-corrected chi connectivity index (χ2v) is 10.9. The first-order valence-electron chi connectivity index (χ1n) is 4.03. The fourth-order valence-corrected chi connectivity index (χ4v) is 10.1. The van der Waals surface area contributed by atoms with Gasteiger partial charge in [0.25, 0.3) is 19.7 Å². The van der Waals surface area contributed by atoms with Gasteiger partial charge in [0.1, 0.15) is 9.79 Å². The van der Waals surface area contributed by atoms with Crippen LogP contribution in [0.15, 0.2) is 17.4 Å². The maximum Gasteiger partial charge on any atom is 0.426 e. The van der Waals surface area contributed by atoms with Gasteiger partial charge in [-0.15, -0.1) is 11.3 Å². The van der Waals surface area contributed by atoms with E-state index in [4.69, 9.17) is 0 Å². The van der Waals surface area contributed by atoms with E-state index in [9.17, 15) is 34.4 Å². The Morgan fingerprint density at radius 1 is 0.789 bits per heavy atom. The monoisotopic (exact) mass is 466 g/mol. The minimum absolute atomic E-state index is 0.399. The van der Waals surface area contributed by atoms with Crippen molar-refractivity contribution in [3.05, 3.63) is 7.57 Å². The summed E-state index contributed by atoms with van der Waals surface area (Å²) in [5, 5.41) is -11.5. The molecular weight excluding hydrogens is 468 g/mol. The number of rotatable bonds is 0. The summed E-state index contributed by atoms with van der Waals surface area (Å²) < 4.78 is 98.6. The van der Waals surface area contributed by atoms with Crippen LogP contribution < -0.4 is 0 Å². The van der Waals surface area contributed by atoms with Gasteiger partial charge in [-0.1, -0.05) is 0 Å². The number of alkyl halides is 4. The van der Waals surface area contributed by atoms with E-state index in [0.717, 1.165) is 0 Å². The first kappa shape index (κ1) is 15.7. The van der Waals surface area contributed by atoms with Crippen LogP contribution in [0.4, 0.5) is 17.6 Å². The van der Waals surface area contributed by atoms with Gasteiger partial charge in [0, 0.05) is 0 Å². The van der Waals surface area contributed by atoms with Crippen molar-refractivity contribution >= 4 is 62.9 Å². The van der Waals surface area contributed by atoms with E-state index in [1.807, 2.05) is 0 Å². The number of sulfone groups is 2.